The third-order valence-electron chi connectivity index (χ3n) is 6.81. The fourth-order valence-electron chi connectivity index (χ4n) is 5.00. The summed E-state index contributed by atoms with van der Waals surface area (Å²) in [6.45, 7) is 7.97. The first-order valence-corrected chi connectivity index (χ1v) is 11.1. The molecule has 4 rings (SSSR count). The van der Waals surface area contributed by atoms with Crippen molar-refractivity contribution < 1.29 is 14.4 Å². The molecule has 0 aliphatic carbocycles. The van der Waals surface area contributed by atoms with Crippen molar-refractivity contribution in [1.29, 1.82) is 0 Å². The molecule has 0 saturated carbocycles. The van der Waals surface area contributed by atoms with E-state index in [1.807, 2.05) is 36.9 Å². The quantitative estimate of drug-likeness (QED) is 0.782. The van der Waals surface area contributed by atoms with Crippen molar-refractivity contribution in [2.75, 3.05) is 25.0 Å². The highest BCUT2D eigenvalue weighted by atomic mass is 16.2. The lowest BCUT2D eigenvalue weighted by molar-refractivity contribution is -0.145. The van der Waals surface area contributed by atoms with Gasteiger partial charge in [0.15, 0.2) is 0 Å². The van der Waals surface area contributed by atoms with Gasteiger partial charge in [0, 0.05) is 38.2 Å². The van der Waals surface area contributed by atoms with Gasteiger partial charge in [-0.3, -0.25) is 14.4 Å². The van der Waals surface area contributed by atoms with E-state index in [4.69, 9.17) is 0 Å². The lowest BCUT2D eigenvalue weighted by Crippen LogP contribution is -2.58. The van der Waals surface area contributed by atoms with Gasteiger partial charge in [0.2, 0.25) is 11.8 Å². The maximum absolute atomic E-state index is 13.1. The predicted octanol–water partition coefficient (Wildman–Crippen LogP) is 2.51. The normalized spacial score (nSPS) is 27.8. The lowest BCUT2D eigenvalue weighted by Gasteiger charge is -2.40. The van der Waals surface area contributed by atoms with E-state index in [9.17, 15) is 14.4 Å². The van der Waals surface area contributed by atoms with Crippen molar-refractivity contribution in [3.05, 3.63) is 29.3 Å². The fraction of sp³-hybridized carbons (Fsp3) is 0.609. The number of piperidine rings is 1. The summed E-state index contributed by atoms with van der Waals surface area (Å²) in [7, 11) is 0. The van der Waals surface area contributed by atoms with E-state index in [0.717, 1.165) is 37.2 Å². The number of likely N-dealkylation sites (tertiary alicyclic amines) is 2. The number of carbonyl (C=O) groups is 3. The smallest absolute Gasteiger partial charge is 0.255 e. The van der Waals surface area contributed by atoms with Gasteiger partial charge in [-0.05, 0) is 56.7 Å². The van der Waals surface area contributed by atoms with Gasteiger partial charge in [-0.1, -0.05) is 13.0 Å². The van der Waals surface area contributed by atoms with Crippen molar-refractivity contribution in [3.63, 3.8) is 0 Å². The van der Waals surface area contributed by atoms with Crippen LogP contribution >= 0.6 is 0 Å². The van der Waals surface area contributed by atoms with Gasteiger partial charge in [-0.2, -0.15) is 0 Å². The van der Waals surface area contributed by atoms with E-state index >= 15 is 0 Å². The summed E-state index contributed by atoms with van der Waals surface area (Å²) in [5, 5.41) is 6.60. The molecular formula is C23H32N4O3. The number of nitrogens with zero attached hydrogens (tertiary/aromatic N) is 2. The molecule has 0 aromatic heterocycles. The molecule has 0 unspecified atom stereocenters. The largest absolute Gasteiger partial charge is 0.362 e. The van der Waals surface area contributed by atoms with Crippen molar-refractivity contribution in [1.82, 2.24) is 15.1 Å². The molecule has 30 heavy (non-hydrogen) atoms. The highest BCUT2D eigenvalue weighted by Gasteiger charge is 2.42. The van der Waals surface area contributed by atoms with Gasteiger partial charge in [-0.15, -0.1) is 0 Å². The van der Waals surface area contributed by atoms with Crippen LogP contribution in [-0.4, -0.2) is 58.9 Å². The van der Waals surface area contributed by atoms with Crippen LogP contribution in [0.1, 0.15) is 61.9 Å². The topological polar surface area (TPSA) is 81.8 Å². The minimum atomic E-state index is -0.662. The molecule has 3 atom stereocenters. The molecular weight excluding hydrogens is 380 g/mol. The van der Waals surface area contributed by atoms with Crippen LogP contribution in [0.15, 0.2) is 18.2 Å². The number of anilines is 1. The number of aryl methyl sites for hydroxylation is 1. The molecule has 7 heteroatoms. The summed E-state index contributed by atoms with van der Waals surface area (Å²) in [6.07, 6.45) is 3.53. The Kier molecular flexibility index (Phi) is 5.47. The Morgan fingerprint density at radius 1 is 1.20 bits per heavy atom. The van der Waals surface area contributed by atoms with Gasteiger partial charge in [0.1, 0.15) is 11.7 Å². The third kappa shape index (κ3) is 3.89. The zero-order valence-corrected chi connectivity index (χ0v) is 18.2. The number of hydrogen-bond acceptors (Lipinski definition) is 4. The summed E-state index contributed by atoms with van der Waals surface area (Å²) >= 11 is 0. The first-order valence-electron chi connectivity index (χ1n) is 11.1. The second-order valence-electron chi connectivity index (χ2n) is 9.26. The van der Waals surface area contributed by atoms with Gasteiger partial charge in [0.25, 0.3) is 5.91 Å². The van der Waals surface area contributed by atoms with E-state index < -0.39 is 11.7 Å². The van der Waals surface area contributed by atoms with Crippen LogP contribution in [-0.2, 0) is 9.59 Å². The molecule has 162 valence electrons. The molecule has 3 aliphatic heterocycles. The Labute approximate surface area is 178 Å². The molecule has 0 bridgehead atoms. The van der Waals surface area contributed by atoms with Crippen molar-refractivity contribution >= 4 is 23.4 Å². The minimum absolute atomic E-state index is 0.0242. The molecule has 2 N–H and O–H groups in total. The molecule has 3 aliphatic rings. The molecule has 7 nitrogen and oxygen atoms in total. The molecule has 1 aromatic rings. The van der Waals surface area contributed by atoms with E-state index in [1.54, 1.807) is 4.90 Å². The minimum Gasteiger partial charge on any atom is -0.362 e. The average molecular weight is 413 g/mol. The molecule has 3 heterocycles. The van der Waals surface area contributed by atoms with Crippen LogP contribution in [0.3, 0.4) is 0 Å². The van der Waals surface area contributed by atoms with Gasteiger partial charge >= 0.3 is 0 Å². The molecule has 0 radical (unpaired) electrons. The zero-order valence-electron chi connectivity index (χ0n) is 18.2. The number of amides is 3. The van der Waals surface area contributed by atoms with Crippen LogP contribution in [0.2, 0.25) is 0 Å². The number of carbonyl (C=O) groups excluding carboxylic acids is 3. The highest BCUT2D eigenvalue weighted by molar-refractivity contribution is 6.02. The van der Waals surface area contributed by atoms with E-state index in [-0.39, 0.29) is 17.7 Å². The van der Waals surface area contributed by atoms with Crippen molar-refractivity contribution in [2.24, 2.45) is 5.92 Å². The molecule has 2 fully saturated rings. The average Bonchev–Trinajstić information content (AvgIpc) is 2.86. The van der Waals surface area contributed by atoms with Crippen molar-refractivity contribution in [2.45, 2.75) is 64.6 Å². The Hall–Kier alpha value is -2.57. The Bertz CT molecular complexity index is 870. The lowest BCUT2D eigenvalue weighted by atomic mass is 9.94. The van der Waals surface area contributed by atoms with E-state index in [1.165, 1.54) is 0 Å². The van der Waals surface area contributed by atoms with Gasteiger partial charge < -0.3 is 20.4 Å². The maximum Gasteiger partial charge on any atom is 0.255 e. The van der Waals surface area contributed by atoms with Crippen LogP contribution in [0, 0.1) is 12.8 Å². The Morgan fingerprint density at radius 2 is 2.00 bits per heavy atom. The molecule has 1 aromatic carbocycles. The second-order valence-corrected chi connectivity index (χ2v) is 9.26. The Balaban J connectivity index is 1.49. The first kappa shape index (κ1) is 20.7. The number of benzene rings is 1. The molecule has 2 saturated heterocycles. The molecule has 1 spiro atoms. The maximum atomic E-state index is 13.1. The summed E-state index contributed by atoms with van der Waals surface area (Å²) in [5.41, 5.74) is 1.85. The predicted molar refractivity (Wildman–Crippen MR) is 115 cm³/mol. The number of nitrogens with one attached hydrogen (secondary N) is 2. The summed E-state index contributed by atoms with van der Waals surface area (Å²) < 4.78 is 0. The monoisotopic (exact) mass is 412 g/mol. The number of fused-ring (bicyclic) bond motifs is 1. The van der Waals surface area contributed by atoms with Crippen LogP contribution in [0.4, 0.5) is 5.69 Å². The standard InChI is InChI=1S/C23H32N4O3/c1-15-6-7-18-19(13-15)24-23(25-21(18)29)9-8-20(28)27(12-10-23)17(3)22(30)26-11-4-5-16(2)14-26/h6-7,13,16-17,24H,4-5,8-12,14H2,1-3H3,(H,25,29)/t16-,17-,23+/m0/s1. The zero-order chi connectivity index (χ0) is 21.5. The van der Waals surface area contributed by atoms with E-state index in [0.29, 0.717) is 37.3 Å². The third-order valence-corrected chi connectivity index (χ3v) is 6.81. The van der Waals surface area contributed by atoms with Gasteiger partial charge in [-0.25, -0.2) is 0 Å². The SMILES string of the molecule is Cc1ccc2c(c1)N[C@]1(CCC(=O)N([C@@H](C)C(=O)N3CCC[C@H](C)C3)CC1)NC2=O. The van der Waals surface area contributed by atoms with Crippen LogP contribution < -0.4 is 10.6 Å². The number of hydrogen-bond donors (Lipinski definition) is 2. The summed E-state index contributed by atoms with van der Waals surface area (Å²) in [6, 6.07) is 5.25. The molecule has 3 amide bonds. The van der Waals surface area contributed by atoms with Gasteiger partial charge in [0.05, 0.1) is 5.56 Å². The van der Waals surface area contributed by atoms with Crippen LogP contribution in [0.5, 0.6) is 0 Å². The Morgan fingerprint density at radius 3 is 2.77 bits per heavy atom. The first-order chi connectivity index (χ1) is 14.3. The fourth-order valence-corrected chi connectivity index (χ4v) is 5.00. The van der Waals surface area contributed by atoms with E-state index in [2.05, 4.69) is 17.6 Å². The summed E-state index contributed by atoms with van der Waals surface area (Å²) in [5.74, 6) is 0.399. The summed E-state index contributed by atoms with van der Waals surface area (Å²) in [4.78, 5) is 42.3. The second kappa shape index (κ2) is 7.93. The highest BCUT2D eigenvalue weighted by Crippen LogP contribution is 2.33. The number of rotatable bonds is 2. The van der Waals surface area contributed by atoms with Crippen LogP contribution in [0.25, 0.3) is 0 Å². The van der Waals surface area contributed by atoms with Crippen molar-refractivity contribution in [3.8, 4) is 0 Å².